The molecule has 2 aromatic carbocycles. The van der Waals surface area contributed by atoms with Gasteiger partial charge in [0.15, 0.2) is 0 Å². The van der Waals surface area contributed by atoms with E-state index < -0.39 is 24.0 Å². The monoisotopic (exact) mass is 390 g/mol. The van der Waals surface area contributed by atoms with E-state index in [1.165, 1.54) is 0 Å². The predicted octanol–water partition coefficient (Wildman–Crippen LogP) is 3.60. The first-order valence-electron chi connectivity index (χ1n) is 8.98. The molecule has 7 heteroatoms. The van der Waals surface area contributed by atoms with Gasteiger partial charge in [0.25, 0.3) is 0 Å². The van der Waals surface area contributed by atoms with E-state index in [-0.39, 0.29) is 18.7 Å². The molecule has 1 heterocycles. The first-order chi connectivity index (χ1) is 13.2. The van der Waals surface area contributed by atoms with Gasteiger partial charge in [-0.2, -0.15) is 13.2 Å². The molecule has 0 saturated heterocycles. The van der Waals surface area contributed by atoms with E-state index in [0.29, 0.717) is 6.42 Å². The Morgan fingerprint density at radius 2 is 1.71 bits per heavy atom. The molecule has 0 fully saturated rings. The summed E-state index contributed by atoms with van der Waals surface area (Å²) in [7, 11) is 1.68. The van der Waals surface area contributed by atoms with Crippen LogP contribution in [0.25, 0.3) is 0 Å². The lowest BCUT2D eigenvalue weighted by Crippen LogP contribution is -2.42. The number of rotatable bonds is 6. The highest BCUT2D eigenvalue weighted by Crippen LogP contribution is 2.46. The lowest BCUT2D eigenvalue weighted by molar-refractivity contribution is -0.138. The normalized spacial score (nSPS) is 18.9. The van der Waals surface area contributed by atoms with Crippen LogP contribution in [0.4, 0.5) is 18.9 Å². The number of fused-ring (bicyclic) bond motifs is 1. The molecule has 0 spiro atoms. The van der Waals surface area contributed by atoms with Crippen LogP contribution < -0.4 is 10.2 Å². The summed E-state index contributed by atoms with van der Waals surface area (Å²) in [5, 5.41) is 1.89. The Morgan fingerprint density at radius 3 is 2.39 bits per heavy atom. The summed E-state index contributed by atoms with van der Waals surface area (Å²) in [5.41, 5.74) is 1.51. The molecule has 0 unspecified atom stereocenters. The molecule has 4 nitrogen and oxygen atoms in total. The van der Waals surface area contributed by atoms with Crippen LogP contribution in [-0.2, 0) is 21.4 Å². The molecule has 0 bridgehead atoms. The Balaban J connectivity index is 1.89. The molecule has 0 radical (unpaired) electrons. The second-order valence-electron chi connectivity index (χ2n) is 7.02. The van der Waals surface area contributed by atoms with Gasteiger partial charge < -0.3 is 10.2 Å². The van der Waals surface area contributed by atoms with Crippen LogP contribution in [0.5, 0.6) is 0 Å². The molecule has 3 rings (SSSR count). The number of alkyl halides is 3. The Hall–Kier alpha value is -2.83. The van der Waals surface area contributed by atoms with Gasteiger partial charge in [-0.15, -0.1) is 0 Å². The lowest BCUT2D eigenvalue weighted by Gasteiger charge is -2.28. The molecule has 2 aromatic rings. The summed E-state index contributed by atoms with van der Waals surface area (Å²) >= 11 is 0. The zero-order chi connectivity index (χ0) is 20.4. The molecule has 0 saturated carbocycles. The van der Waals surface area contributed by atoms with E-state index in [1.54, 1.807) is 11.9 Å². The van der Waals surface area contributed by atoms with Crippen molar-refractivity contribution >= 4 is 17.5 Å². The van der Waals surface area contributed by atoms with Crippen molar-refractivity contribution in [3.05, 3.63) is 65.7 Å². The Labute approximate surface area is 161 Å². The van der Waals surface area contributed by atoms with Crippen molar-refractivity contribution in [2.45, 2.75) is 30.9 Å². The highest BCUT2D eigenvalue weighted by atomic mass is 19.4. The summed E-state index contributed by atoms with van der Waals surface area (Å²) in [6.45, 7) is -1.37. The molecule has 28 heavy (non-hydrogen) atoms. The molecule has 1 aliphatic heterocycles. The number of benzene rings is 2. The number of amides is 2. The number of anilines is 1. The van der Waals surface area contributed by atoms with Crippen molar-refractivity contribution < 1.29 is 22.8 Å². The number of para-hydroxylation sites is 1. The van der Waals surface area contributed by atoms with Gasteiger partial charge in [-0.05, 0) is 30.0 Å². The quantitative estimate of drug-likeness (QED) is 0.819. The molecule has 1 aliphatic rings. The average molecular weight is 390 g/mol. The molecule has 0 aliphatic carbocycles. The van der Waals surface area contributed by atoms with Crippen LogP contribution in [0.1, 0.15) is 24.0 Å². The van der Waals surface area contributed by atoms with Crippen LogP contribution in [0.2, 0.25) is 0 Å². The standard InChI is InChI=1S/C21H21F3N2O2/c1-26-17-10-6-5-9-16(17)20(19(26)28,13-15-7-3-2-4-8-15)12-11-18(27)25-14-21(22,23)24/h2-10H,11-14H2,1H3,(H,25,27)/t20-/m0/s1. The zero-order valence-corrected chi connectivity index (χ0v) is 15.4. The molecule has 2 amide bonds. The zero-order valence-electron chi connectivity index (χ0n) is 15.4. The van der Waals surface area contributed by atoms with Crippen LogP contribution in [0, 0.1) is 0 Å². The fourth-order valence-electron chi connectivity index (χ4n) is 3.78. The molecule has 1 N–H and O–H groups in total. The van der Waals surface area contributed by atoms with Gasteiger partial charge in [0.2, 0.25) is 11.8 Å². The molecule has 148 valence electrons. The third-order valence-electron chi connectivity index (χ3n) is 5.11. The van der Waals surface area contributed by atoms with Crippen LogP contribution in [0.3, 0.4) is 0 Å². The highest BCUT2D eigenvalue weighted by molar-refractivity contribution is 6.08. The van der Waals surface area contributed by atoms with E-state index in [4.69, 9.17) is 0 Å². The van der Waals surface area contributed by atoms with E-state index in [2.05, 4.69) is 0 Å². The van der Waals surface area contributed by atoms with Crippen LogP contribution in [-0.4, -0.2) is 31.6 Å². The Bertz CT molecular complexity index is 867. The van der Waals surface area contributed by atoms with Crippen molar-refractivity contribution in [1.29, 1.82) is 0 Å². The molecule has 1 atom stereocenters. The first-order valence-corrected chi connectivity index (χ1v) is 8.98. The number of nitrogens with zero attached hydrogens (tertiary/aromatic N) is 1. The Kier molecular flexibility index (Phi) is 5.45. The smallest absolute Gasteiger partial charge is 0.347 e. The second kappa shape index (κ2) is 7.66. The van der Waals surface area contributed by atoms with Crippen LogP contribution in [0.15, 0.2) is 54.6 Å². The van der Waals surface area contributed by atoms with Crippen LogP contribution >= 0.6 is 0 Å². The van der Waals surface area contributed by atoms with Crippen molar-refractivity contribution in [2.75, 3.05) is 18.5 Å². The number of hydrogen-bond donors (Lipinski definition) is 1. The minimum Gasteiger partial charge on any atom is -0.347 e. The van der Waals surface area contributed by atoms with Gasteiger partial charge in [-0.3, -0.25) is 9.59 Å². The Morgan fingerprint density at radius 1 is 1.07 bits per heavy atom. The third-order valence-corrected chi connectivity index (χ3v) is 5.11. The summed E-state index contributed by atoms with van der Waals surface area (Å²) in [5.74, 6) is -0.870. The number of carbonyl (C=O) groups excluding carboxylic acids is 2. The van der Waals surface area contributed by atoms with Crippen molar-refractivity contribution in [2.24, 2.45) is 0 Å². The topological polar surface area (TPSA) is 49.4 Å². The van der Waals surface area contributed by atoms with E-state index in [9.17, 15) is 22.8 Å². The number of carbonyl (C=O) groups is 2. The highest BCUT2D eigenvalue weighted by Gasteiger charge is 2.49. The predicted molar refractivity (Wildman–Crippen MR) is 100.0 cm³/mol. The average Bonchev–Trinajstić information content (AvgIpc) is 2.88. The van der Waals surface area contributed by atoms with Gasteiger partial charge >= 0.3 is 6.18 Å². The lowest BCUT2D eigenvalue weighted by atomic mass is 9.73. The van der Waals surface area contributed by atoms with E-state index in [0.717, 1.165) is 16.8 Å². The number of likely N-dealkylation sites (N-methyl/N-ethyl adjacent to an activating group) is 1. The molecular weight excluding hydrogens is 369 g/mol. The summed E-state index contributed by atoms with van der Waals surface area (Å²) in [6, 6.07) is 16.8. The van der Waals surface area contributed by atoms with Gasteiger partial charge in [-0.25, -0.2) is 0 Å². The number of hydrogen-bond acceptors (Lipinski definition) is 2. The van der Waals surface area contributed by atoms with Gasteiger partial charge in [0.1, 0.15) is 6.54 Å². The molecular formula is C21H21F3N2O2. The second-order valence-corrected chi connectivity index (χ2v) is 7.02. The van der Waals surface area contributed by atoms with E-state index >= 15 is 0 Å². The largest absolute Gasteiger partial charge is 0.405 e. The van der Waals surface area contributed by atoms with Gasteiger partial charge in [0.05, 0.1) is 5.41 Å². The fraction of sp³-hybridized carbons (Fsp3) is 0.333. The first kappa shape index (κ1) is 19.9. The summed E-state index contributed by atoms with van der Waals surface area (Å²) in [4.78, 5) is 26.8. The maximum absolute atomic E-state index is 13.2. The van der Waals surface area contributed by atoms with Crippen molar-refractivity contribution in [3.63, 3.8) is 0 Å². The third kappa shape index (κ3) is 4.03. The SMILES string of the molecule is CN1C(=O)[C@@](CCC(=O)NCC(F)(F)F)(Cc2ccccc2)c2ccccc21. The summed E-state index contributed by atoms with van der Waals surface area (Å²) < 4.78 is 37.1. The van der Waals surface area contributed by atoms with Crippen molar-refractivity contribution in [1.82, 2.24) is 5.32 Å². The van der Waals surface area contributed by atoms with E-state index in [1.807, 2.05) is 59.9 Å². The number of halogens is 3. The fourth-order valence-corrected chi connectivity index (χ4v) is 3.78. The van der Waals surface area contributed by atoms with Gasteiger partial charge in [-0.1, -0.05) is 48.5 Å². The maximum atomic E-state index is 13.2. The molecule has 0 aromatic heterocycles. The summed E-state index contributed by atoms with van der Waals surface area (Å²) in [6.07, 6.45) is -4.13. The van der Waals surface area contributed by atoms with Gasteiger partial charge in [0, 0.05) is 19.2 Å². The van der Waals surface area contributed by atoms with Crippen molar-refractivity contribution in [3.8, 4) is 0 Å². The minimum atomic E-state index is -4.46. The minimum absolute atomic E-state index is 0.131. The number of nitrogens with one attached hydrogen (secondary N) is 1. The maximum Gasteiger partial charge on any atom is 0.405 e.